The number of hydrogen-bond acceptors (Lipinski definition) is 3. The van der Waals surface area contributed by atoms with Crippen LogP contribution in [-0.2, 0) is 14.3 Å². The number of ether oxygens (including phenoxy) is 1. The fourth-order valence-electron chi connectivity index (χ4n) is 7.76. The third kappa shape index (κ3) is 2.36. The molecular formula is C22H34O3. The molecule has 0 aromatic rings. The molecule has 0 aliphatic heterocycles. The number of ketones is 1. The molecule has 140 valence electrons. The van der Waals surface area contributed by atoms with E-state index < -0.39 is 0 Å². The van der Waals surface area contributed by atoms with Gasteiger partial charge in [-0.25, -0.2) is 0 Å². The molecule has 0 bridgehead atoms. The van der Waals surface area contributed by atoms with Crippen molar-refractivity contribution in [2.75, 3.05) is 0 Å². The van der Waals surface area contributed by atoms with Gasteiger partial charge in [0.25, 0.3) is 0 Å². The summed E-state index contributed by atoms with van der Waals surface area (Å²) in [5.41, 5.74) is 0.181. The van der Waals surface area contributed by atoms with Crippen LogP contribution in [0.25, 0.3) is 0 Å². The topological polar surface area (TPSA) is 43.4 Å². The molecule has 0 N–H and O–H groups in total. The van der Waals surface area contributed by atoms with Crippen LogP contribution >= 0.6 is 0 Å². The number of hydrogen-bond donors (Lipinski definition) is 0. The number of fused-ring (bicyclic) bond motifs is 5. The third-order valence-corrected chi connectivity index (χ3v) is 9.38. The predicted molar refractivity (Wildman–Crippen MR) is 96.9 cm³/mol. The van der Waals surface area contributed by atoms with Crippen molar-refractivity contribution in [2.45, 2.75) is 91.1 Å². The molecule has 7 atom stereocenters. The SMILES string of the molecule is CC(=O)O[C@@]1(C)CC[C@H]2[C@@H]3CC[C@H]4CC(=O)CC[C@]4(C)[C@H]3CC[C@@]21C. The van der Waals surface area contributed by atoms with Crippen molar-refractivity contribution in [2.24, 2.45) is 34.5 Å². The lowest BCUT2D eigenvalue weighted by molar-refractivity contribution is -0.183. The van der Waals surface area contributed by atoms with Gasteiger partial charge in [0, 0.05) is 25.2 Å². The monoisotopic (exact) mass is 346 g/mol. The van der Waals surface area contributed by atoms with Crippen LogP contribution in [0.3, 0.4) is 0 Å². The van der Waals surface area contributed by atoms with Gasteiger partial charge in [-0.15, -0.1) is 0 Å². The van der Waals surface area contributed by atoms with Gasteiger partial charge in [0.05, 0.1) is 0 Å². The summed E-state index contributed by atoms with van der Waals surface area (Å²) in [6, 6.07) is 0. The van der Waals surface area contributed by atoms with E-state index in [0.29, 0.717) is 23.0 Å². The van der Waals surface area contributed by atoms with Crippen molar-refractivity contribution in [3.63, 3.8) is 0 Å². The molecule has 0 saturated heterocycles. The van der Waals surface area contributed by atoms with Crippen molar-refractivity contribution in [1.29, 1.82) is 0 Å². The molecule has 0 aromatic heterocycles. The van der Waals surface area contributed by atoms with Crippen molar-refractivity contribution in [3.05, 3.63) is 0 Å². The minimum atomic E-state index is -0.297. The quantitative estimate of drug-likeness (QED) is 0.633. The van der Waals surface area contributed by atoms with E-state index in [1.54, 1.807) is 6.92 Å². The highest BCUT2D eigenvalue weighted by Gasteiger charge is 2.64. The van der Waals surface area contributed by atoms with E-state index in [-0.39, 0.29) is 17.0 Å². The largest absolute Gasteiger partial charge is 0.459 e. The standard InChI is InChI=1S/C22H34O3/c1-14(23)25-22(4)12-9-19-17-6-5-15-13-16(24)7-10-20(15,2)18(17)8-11-21(19,22)3/h15,17-19H,5-13H2,1-4H3/t15-,17+,18-,19-,20-,21-,22-/m0/s1. The Labute approximate surface area is 152 Å². The first-order valence-corrected chi connectivity index (χ1v) is 10.4. The highest BCUT2D eigenvalue weighted by atomic mass is 16.6. The van der Waals surface area contributed by atoms with E-state index >= 15 is 0 Å². The molecule has 0 unspecified atom stereocenters. The second kappa shape index (κ2) is 5.57. The molecular weight excluding hydrogens is 312 g/mol. The molecule has 4 rings (SSSR count). The Kier molecular flexibility index (Phi) is 3.91. The molecule has 0 aromatic carbocycles. The summed E-state index contributed by atoms with van der Waals surface area (Å²) >= 11 is 0. The lowest BCUT2D eigenvalue weighted by Crippen LogP contribution is -2.56. The number of carbonyl (C=O) groups is 2. The van der Waals surface area contributed by atoms with Crippen LogP contribution in [0, 0.1) is 34.5 Å². The van der Waals surface area contributed by atoms with Gasteiger partial charge in [0.15, 0.2) is 0 Å². The van der Waals surface area contributed by atoms with Gasteiger partial charge in [0.1, 0.15) is 11.4 Å². The fourth-order valence-corrected chi connectivity index (χ4v) is 7.76. The number of rotatable bonds is 1. The van der Waals surface area contributed by atoms with Crippen LogP contribution in [0.2, 0.25) is 0 Å². The zero-order valence-corrected chi connectivity index (χ0v) is 16.4. The zero-order valence-electron chi connectivity index (χ0n) is 16.4. The molecule has 0 heterocycles. The lowest BCUT2D eigenvalue weighted by Gasteiger charge is -2.61. The molecule has 0 spiro atoms. The Morgan fingerprint density at radius 2 is 1.72 bits per heavy atom. The maximum Gasteiger partial charge on any atom is 0.303 e. The molecule has 4 aliphatic carbocycles. The van der Waals surface area contributed by atoms with Crippen LogP contribution in [0.4, 0.5) is 0 Å². The molecule has 3 heteroatoms. The van der Waals surface area contributed by atoms with E-state index in [4.69, 9.17) is 4.74 Å². The van der Waals surface area contributed by atoms with E-state index in [1.165, 1.54) is 32.1 Å². The first-order valence-electron chi connectivity index (χ1n) is 10.4. The second-order valence-corrected chi connectivity index (χ2v) is 10.2. The minimum Gasteiger partial charge on any atom is -0.459 e. The maximum atomic E-state index is 12.0. The van der Waals surface area contributed by atoms with E-state index in [9.17, 15) is 9.59 Å². The Hall–Kier alpha value is -0.860. The highest BCUT2D eigenvalue weighted by Crippen LogP contribution is 2.68. The van der Waals surface area contributed by atoms with E-state index in [0.717, 1.165) is 37.5 Å². The summed E-state index contributed by atoms with van der Waals surface area (Å²) in [5.74, 6) is 3.16. The van der Waals surface area contributed by atoms with Gasteiger partial charge in [0.2, 0.25) is 0 Å². The number of esters is 1. The molecule has 3 nitrogen and oxygen atoms in total. The van der Waals surface area contributed by atoms with Crippen LogP contribution < -0.4 is 0 Å². The Balaban J connectivity index is 1.62. The summed E-state index contributed by atoms with van der Waals surface area (Å²) in [6.45, 7) is 8.62. The summed E-state index contributed by atoms with van der Waals surface area (Å²) in [4.78, 5) is 23.7. The van der Waals surface area contributed by atoms with Crippen LogP contribution in [-0.4, -0.2) is 17.4 Å². The van der Waals surface area contributed by atoms with Crippen molar-refractivity contribution in [1.82, 2.24) is 0 Å². The Morgan fingerprint density at radius 1 is 1.00 bits per heavy atom. The molecule has 25 heavy (non-hydrogen) atoms. The number of carbonyl (C=O) groups excluding carboxylic acids is 2. The zero-order chi connectivity index (χ0) is 18.0. The molecule has 0 amide bonds. The summed E-state index contributed by atoms with van der Waals surface area (Å²) in [5, 5.41) is 0. The Bertz CT molecular complexity index is 598. The first-order chi connectivity index (χ1) is 11.7. The molecule has 0 radical (unpaired) electrons. The van der Waals surface area contributed by atoms with Gasteiger partial charge >= 0.3 is 5.97 Å². The molecule has 4 saturated carbocycles. The predicted octanol–water partition coefficient (Wildman–Crippen LogP) is 4.92. The maximum absolute atomic E-state index is 12.0. The Morgan fingerprint density at radius 3 is 2.44 bits per heavy atom. The van der Waals surface area contributed by atoms with Gasteiger partial charge in [-0.05, 0) is 81.0 Å². The van der Waals surface area contributed by atoms with E-state index in [1.807, 2.05) is 0 Å². The highest BCUT2D eigenvalue weighted by molar-refractivity contribution is 5.79. The van der Waals surface area contributed by atoms with Crippen LogP contribution in [0.1, 0.15) is 85.5 Å². The van der Waals surface area contributed by atoms with Crippen LogP contribution in [0.5, 0.6) is 0 Å². The molecule has 4 aliphatic rings. The smallest absolute Gasteiger partial charge is 0.303 e. The number of Topliss-reactive ketones (excluding diaryl/α,β-unsaturated/α-hetero) is 1. The minimum absolute atomic E-state index is 0.119. The second-order valence-electron chi connectivity index (χ2n) is 10.2. The lowest BCUT2D eigenvalue weighted by atomic mass is 9.44. The summed E-state index contributed by atoms with van der Waals surface area (Å²) in [6.07, 6.45) is 9.83. The van der Waals surface area contributed by atoms with Gasteiger partial charge in [-0.1, -0.05) is 13.8 Å². The summed E-state index contributed by atoms with van der Waals surface area (Å²) in [7, 11) is 0. The van der Waals surface area contributed by atoms with Gasteiger partial charge in [-0.3, -0.25) is 9.59 Å². The van der Waals surface area contributed by atoms with E-state index in [2.05, 4.69) is 20.8 Å². The van der Waals surface area contributed by atoms with Gasteiger partial charge < -0.3 is 4.74 Å². The third-order valence-electron chi connectivity index (χ3n) is 9.38. The fraction of sp³-hybridized carbons (Fsp3) is 0.909. The van der Waals surface area contributed by atoms with Crippen molar-refractivity contribution >= 4 is 11.8 Å². The average Bonchev–Trinajstić information content (AvgIpc) is 2.79. The summed E-state index contributed by atoms with van der Waals surface area (Å²) < 4.78 is 5.91. The average molecular weight is 347 g/mol. The van der Waals surface area contributed by atoms with Crippen molar-refractivity contribution in [3.8, 4) is 0 Å². The normalized spacial score (nSPS) is 52.1. The van der Waals surface area contributed by atoms with Gasteiger partial charge in [-0.2, -0.15) is 0 Å². The first kappa shape index (κ1) is 17.5. The molecule has 4 fully saturated rings. The van der Waals surface area contributed by atoms with Crippen molar-refractivity contribution < 1.29 is 14.3 Å². The van der Waals surface area contributed by atoms with Crippen LogP contribution in [0.15, 0.2) is 0 Å².